The number of thiazole rings is 1. The molecule has 8 heteroatoms. The summed E-state index contributed by atoms with van der Waals surface area (Å²) >= 11 is 1.15. The maximum absolute atomic E-state index is 12.4. The Morgan fingerprint density at radius 2 is 2.14 bits per heavy atom. The molecule has 0 aliphatic heterocycles. The van der Waals surface area contributed by atoms with Crippen LogP contribution in [0.15, 0.2) is 33.1 Å². The lowest BCUT2D eigenvalue weighted by atomic mass is 10.2. The van der Waals surface area contributed by atoms with Crippen LogP contribution in [0.1, 0.15) is 11.3 Å². The van der Waals surface area contributed by atoms with Gasteiger partial charge in [-0.05, 0) is 29.8 Å². The van der Waals surface area contributed by atoms with E-state index in [1.807, 2.05) is 25.1 Å². The summed E-state index contributed by atoms with van der Waals surface area (Å²) in [5.74, 6) is 0.185. The van der Waals surface area contributed by atoms with Gasteiger partial charge in [0.15, 0.2) is 5.76 Å². The van der Waals surface area contributed by atoms with E-state index in [0.29, 0.717) is 5.52 Å². The van der Waals surface area contributed by atoms with Crippen LogP contribution >= 0.6 is 11.3 Å². The highest BCUT2D eigenvalue weighted by atomic mass is 32.2. The molecule has 2 aromatic heterocycles. The van der Waals surface area contributed by atoms with Gasteiger partial charge in [0.25, 0.3) is 5.88 Å². The number of hydrogen-bond acceptors (Lipinski definition) is 7. The smallest absolute Gasteiger partial charge is 0.254 e. The van der Waals surface area contributed by atoms with Crippen molar-refractivity contribution in [2.45, 2.75) is 17.0 Å². The lowest BCUT2D eigenvalue weighted by Crippen LogP contribution is -2.03. The van der Waals surface area contributed by atoms with Crippen molar-refractivity contribution in [2.24, 2.45) is 0 Å². The second kappa shape index (κ2) is 5.12. The van der Waals surface area contributed by atoms with Crippen LogP contribution < -0.4 is 4.74 Å². The Kier molecular flexibility index (Phi) is 3.42. The number of aryl methyl sites for hydroxylation is 1. The van der Waals surface area contributed by atoms with Crippen molar-refractivity contribution in [1.29, 1.82) is 0 Å². The summed E-state index contributed by atoms with van der Waals surface area (Å²) in [6.07, 6.45) is 0. The minimum absolute atomic E-state index is 0.0819. The van der Waals surface area contributed by atoms with Crippen molar-refractivity contribution in [1.82, 2.24) is 10.1 Å². The molecule has 2 heterocycles. The number of fused-ring (bicyclic) bond motifs is 1. The van der Waals surface area contributed by atoms with Gasteiger partial charge in [0.05, 0.1) is 17.3 Å². The number of sulfone groups is 1. The molecule has 1 aromatic carbocycles. The average Bonchev–Trinajstić information content (AvgIpc) is 3.04. The highest BCUT2D eigenvalue weighted by Gasteiger charge is 2.23. The highest BCUT2D eigenvalue weighted by molar-refractivity contribution is 7.92. The molecule has 0 fully saturated rings. The molecule has 0 spiro atoms. The molecule has 110 valence electrons. The van der Waals surface area contributed by atoms with Gasteiger partial charge in [-0.2, -0.15) is 0 Å². The molecule has 0 atom stereocenters. The number of nitrogens with zero attached hydrogens (tertiary/aromatic N) is 2. The van der Waals surface area contributed by atoms with Crippen LogP contribution in [0, 0.1) is 6.92 Å². The van der Waals surface area contributed by atoms with Gasteiger partial charge >= 0.3 is 0 Å². The van der Waals surface area contributed by atoms with E-state index in [4.69, 9.17) is 9.26 Å². The van der Waals surface area contributed by atoms with E-state index in [-0.39, 0.29) is 21.7 Å². The molecule has 0 radical (unpaired) electrons. The summed E-state index contributed by atoms with van der Waals surface area (Å²) in [4.78, 5) is 4.21. The Balaban J connectivity index is 1.95. The maximum Gasteiger partial charge on any atom is 0.254 e. The van der Waals surface area contributed by atoms with Gasteiger partial charge in [-0.25, -0.2) is 13.4 Å². The summed E-state index contributed by atoms with van der Waals surface area (Å²) in [6, 6.07) is 7.12. The number of methoxy groups -OCH3 is 1. The molecule has 0 aliphatic rings. The number of benzene rings is 1. The van der Waals surface area contributed by atoms with E-state index in [2.05, 4.69) is 10.1 Å². The van der Waals surface area contributed by atoms with Gasteiger partial charge in [0.2, 0.25) is 14.2 Å². The maximum atomic E-state index is 12.4. The van der Waals surface area contributed by atoms with Crippen LogP contribution in [-0.4, -0.2) is 25.7 Å². The first-order valence-corrected chi connectivity index (χ1v) is 8.54. The van der Waals surface area contributed by atoms with E-state index < -0.39 is 9.84 Å². The molecular weight excluding hydrogens is 312 g/mol. The van der Waals surface area contributed by atoms with Crippen molar-refractivity contribution >= 4 is 31.4 Å². The highest BCUT2D eigenvalue weighted by Crippen LogP contribution is 2.28. The third-order valence-electron chi connectivity index (χ3n) is 2.87. The van der Waals surface area contributed by atoms with Crippen LogP contribution in [0.4, 0.5) is 0 Å². The molecule has 0 N–H and O–H groups in total. The Morgan fingerprint density at radius 1 is 1.33 bits per heavy atom. The summed E-state index contributed by atoms with van der Waals surface area (Å²) < 4.78 is 35.5. The number of rotatable bonds is 4. The SMILES string of the molecule is COc1cc(CS(=O)(=O)c2nc3cc(C)ccc3s2)on1. The number of aromatic nitrogens is 2. The number of hydrogen-bond donors (Lipinski definition) is 0. The normalized spacial score (nSPS) is 11.9. The zero-order valence-electron chi connectivity index (χ0n) is 11.4. The lowest BCUT2D eigenvalue weighted by Gasteiger charge is -1.95. The van der Waals surface area contributed by atoms with E-state index in [0.717, 1.165) is 21.6 Å². The lowest BCUT2D eigenvalue weighted by molar-refractivity contribution is 0.330. The molecular formula is C13H12N2O4S2. The molecule has 21 heavy (non-hydrogen) atoms. The van der Waals surface area contributed by atoms with Crippen molar-refractivity contribution in [3.05, 3.63) is 35.6 Å². The second-order valence-corrected chi connectivity index (χ2v) is 7.74. The van der Waals surface area contributed by atoms with Gasteiger partial charge < -0.3 is 9.26 Å². The molecule has 0 saturated heterocycles. The fourth-order valence-corrected chi connectivity index (χ4v) is 4.36. The first-order valence-electron chi connectivity index (χ1n) is 6.07. The van der Waals surface area contributed by atoms with Crippen LogP contribution in [0.2, 0.25) is 0 Å². The zero-order chi connectivity index (χ0) is 15.0. The predicted molar refractivity (Wildman–Crippen MR) is 78.3 cm³/mol. The van der Waals surface area contributed by atoms with Crippen LogP contribution in [0.5, 0.6) is 5.88 Å². The Hall–Kier alpha value is -1.93. The van der Waals surface area contributed by atoms with E-state index in [1.165, 1.54) is 13.2 Å². The van der Waals surface area contributed by atoms with Crippen LogP contribution in [0.3, 0.4) is 0 Å². The number of ether oxygens (including phenoxy) is 1. The minimum atomic E-state index is -3.56. The van der Waals surface area contributed by atoms with Gasteiger partial charge in [0.1, 0.15) is 5.75 Å². The monoisotopic (exact) mass is 324 g/mol. The Bertz CT molecular complexity index is 896. The first-order chi connectivity index (χ1) is 9.98. The standard InChI is InChI=1S/C13H12N2O4S2/c1-8-3-4-11-10(5-8)14-13(20-11)21(16,17)7-9-6-12(18-2)15-19-9/h3-6H,7H2,1-2H3. The van der Waals surface area contributed by atoms with Crippen LogP contribution in [-0.2, 0) is 15.6 Å². The van der Waals surface area contributed by atoms with Crippen molar-refractivity contribution in [2.75, 3.05) is 7.11 Å². The largest absolute Gasteiger partial charge is 0.479 e. The molecule has 3 rings (SSSR count). The van der Waals surface area contributed by atoms with Gasteiger partial charge in [-0.3, -0.25) is 0 Å². The summed E-state index contributed by atoms with van der Waals surface area (Å²) in [5.41, 5.74) is 1.73. The molecule has 0 aliphatic carbocycles. The molecule has 3 aromatic rings. The summed E-state index contributed by atoms with van der Waals surface area (Å²) in [7, 11) is -2.13. The van der Waals surface area contributed by atoms with Gasteiger partial charge in [0, 0.05) is 6.07 Å². The topological polar surface area (TPSA) is 82.3 Å². The quantitative estimate of drug-likeness (QED) is 0.733. The van der Waals surface area contributed by atoms with E-state index >= 15 is 0 Å². The third kappa shape index (κ3) is 2.77. The summed E-state index contributed by atoms with van der Waals surface area (Å²) in [5, 5.41) is 3.59. The molecule has 0 bridgehead atoms. The fourth-order valence-electron chi connectivity index (χ4n) is 1.86. The minimum Gasteiger partial charge on any atom is -0.479 e. The van der Waals surface area contributed by atoms with Crippen molar-refractivity contribution < 1.29 is 17.7 Å². The van der Waals surface area contributed by atoms with E-state index in [9.17, 15) is 8.42 Å². The van der Waals surface area contributed by atoms with Crippen molar-refractivity contribution in [3.63, 3.8) is 0 Å². The van der Waals surface area contributed by atoms with E-state index in [1.54, 1.807) is 0 Å². The summed E-state index contributed by atoms with van der Waals surface area (Å²) in [6.45, 7) is 1.94. The average molecular weight is 324 g/mol. The van der Waals surface area contributed by atoms with Gasteiger partial charge in [-0.1, -0.05) is 6.07 Å². The molecule has 0 unspecified atom stereocenters. The molecule has 0 amide bonds. The third-order valence-corrected chi connectivity index (χ3v) is 6.00. The first kappa shape index (κ1) is 14.0. The van der Waals surface area contributed by atoms with Gasteiger partial charge in [-0.15, -0.1) is 11.3 Å². The molecule has 0 saturated carbocycles. The predicted octanol–water partition coefficient (Wildman–Crippen LogP) is 2.58. The second-order valence-electron chi connectivity index (χ2n) is 4.55. The Labute approximate surface area is 125 Å². The van der Waals surface area contributed by atoms with Crippen LogP contribution in [0.25, 0.3) is 10.2 Å². The fraction of sp³-hybridized carbons (Fsp3) is 0.231. The molecule has 6 nitrogen and oxygen atoms in total. The Morgan fingerprint density at radius 3 is 2.86 bits per heavy atom. The zero-order valence-corrected chi connectivity index (χ0v) is 13.0. The van der Waals surface area contributed by atoms with Crippen molar-refractivity contribution in [3.8, 4) is 5.88 Å².